The van der Waals surface area contributed by atoms with Crippen molar-refractivity contribution < 1.29 is 19.4 Å². The van der Waals surface area contributed by atoms with E-state index in [-0.39, 0.29) is 12.2 Å². The van der Waals surface area contributed by atoms with Crippen molar-refractivity contribution in [1.82, 2.24) is 10.6 Å². The molecule has 1 rings (SSSR count). The molecular weight excluding hydrogens is 260 g/mol. The number of carbonyl (C=O) groups excluding carboxylic acids is 2. The van der Waals surface area contributed by atoms with Gasteiger partial charge in [0.2, 0.25) is 0 Å². The van der Waals surface area contributed by atoms with E-state index >= 15 is 0 Å². The Morgan fingerprint density at radius 2 is 2.15 bits per heavy atom. The summed E-state index contributed by atoms with van der Waals surface area (Å²) >= 11 is 0. The largest absolute Gasteiger partial charge is 0.462 e. The normalized spacial score (nSPS) is 21.1. The topological polar surface area (TPSA) is 87.7 Å². The fraction of sp³-hybridized carbons (Fsp3) is 0.571. The van der Waals surface area contributed by atoms with E-state index in [9.17, 15) is 14.7 Å². The Kier molecular flexibility index (Phi) is 5.17. The van der Waals surface area contributed by atoms with Crippen molar-refractivity contribution in [3.05, 3.63) is 11.3 Å². The van der Waals surface area contributed by atoms with Crippen LogP contribution in [0.25, 0.3) is 0 Å². The van der Waals surface area contributed by atoms with E-state index in [2.05, 4.69) is 22.5 Å². The van der Waals surface area contributed by atoms with E-state index in [1.54, 1.807) is 27.7 Å². The van der Waals surface area contributed by atoms with Crippen LogP contribution in [0.15, 0.2) is 11.3 Å². The van der Waals surface area contributed by atoms with Crippen molar-refractivity contribution in [1.29, 1.82) is 0 Å². The molecule has 0 saturated heterocycles. The van der Waals surface area contributed by atoms with Gasteiger partial charge in [0.25, 0.3) is 0 Å². The molecule has 2 atom stereocenters. The second-order valence-corrected chi connectivity index (χ2v) is 4.69. The predicted octanol–water partition coefficient (Wildman–Crippen LogP) is 0.669. The molecule has 3 N–H and O–H groups in total. The van der Waals surface area contributed by atoms with Crippen LogP contribution in [0.4, 0.5) is 4.79 Å². The van der Waals surface area contributed by atoms with Gasteiger partial charge in [-0.1, -0.05) is 18.8 Å². The highest BCUT2D eigenvalue weighted by Crippen LogP contribution is 2.14. The zero-order valence-corrected chi connectivity index (χ0v) is 12.2. The zero-order valence-electron chi connectivity index (χ0n) is 12.2. The number of rotatable bonds is 3. The SMILES string of the molecule is CCOC(=O)C1=C(C)NC(=O)NC1C#CC(C)(O)CC. The van der Waals surface area contributed by atoms with Gasteiger partial charge in [0, 0.05) is 5.70 Å². The Hall–Kier alpha value is -2.00. The summed E-state index contributed by atoms with van der Waals surface area (Å²) in [6.07, 6.45) is 0.441. The summed E-state index contributed by atoms with van der Waals surface area (Å²) in [6.45, 7) is 6.91. The van der Waals surface area contributed by atoms with Crippen LogP contribution in [0, 0.1) is 11.8 Å². The molecule has 6 heteroatoms. The first-order valence-corrected chi connectivity index (χ1v) is 6.51. The Morgan fingerprint density at radius 1 is 1.50 bits per heavy atom. The lowest BCUT2D eigenvalue weighted by molar-refractivity contribution is -0.138. The summed E-state index contributed by atoms with van der Waals surface area (Å²) in [4.78, 5) is 23.4. The Morgan fingerprint density at radius 3 is 2.70 bits per heavy atom. The van der Waals surface area contributed by atoms with Crippen molar-refractivity contribution >= 4 is 12.0 Å². The third-order valence-electron chi connectivity index (χ3n) is 2.94. The van der Waals surface area contributed by atoms with Gasteiger partial charge in [-0.3, -0.25) is 0 Å². The van der Waals surface area contributed by atoms with Gasteiger partial charge in [0.1, 0.15) is 11.6 Å². The quantitative estimate of drug-likeness (QED) is 0.524. The molecule has 1 aliphatic rings. The second-order valence-electron chi connectivity index (χ2n) is 4.69. The lowest BCUT2D eigenvalue weighted by atomic mass is 10.00. The van der Waals surface area contributed by atoms with Gasteiger partial charge < -0.3 is 20.5 Å². The maximum Gasteiger partial charge on any atom is 0.338 e. The molecule has 20 heavy (non-hydrogen) atoms. The molecule has 6 nitrogen and oxygen atoms in total. The molecule has 2 unspecified atom stereocenters. The smallest absolute Gasteiger partial charge is 0.338 e. The van der Waals surface area contributed by atoms with Gasteiger partial charge in [-0.25, -0.2) is 9.59 Å². The van der Waals surface area contributed by atoms with E-state index in [4.69, 9.17) is 4.74 Å². The van der Waals surface area contributed by atoms with Crippen molar-refractivity contribution in [2.24, 2.45) is 0 Å². The molecule has 0 bridgehead atoms. The fourth-order valence-corrected chi connectivity index (χ4v) is 1.60. The molecule has 0 radical (unpaired) electrons. The van der Waals surface area contributed by atoms with Gasteiger partial charge in [-0.05, 0) is 27.2 Å². The summed E-state index contributed by atoms with van der Waals surface area (Å²) < 4.78 is 4.96. The van der Waals surface area contributed by atoms with Gasteiger partial charge in [-0.15, -0.1) is 0 Å². The molecule has 0 aromatic heterocycles. The van der Waals surface area contributed by atoms with Crippen molar-refractivity contribution in [2.45, 2.75) is 45.8 Å². The predicted molar refractivity (Wildman–Crippen MR) is 73.5 cm³/mol. The van der Waals surface area contributed by atoms with E-state index in [0.29, 0.717) is 12.1 Å². The molecule has 0 spiro atoms. The lowest BCUT2D eigenvalue weighted by Gasteiger charge is -2.24. The first-order valence-electron chi connectivity index (χ1n) is 6.51. The molecule has 110 valence electrons. The van der Waals surface area contributed by atoms with E-state index in [1.165, 1.54) is 0 Å². The molecule has 1 aliphatic heterocycles. The first-order chi connectivity index (χ1) is 9.30. The third-order valence-corrected chi connectivity index (χ3v) is 2.94. The average molecular weight is 280 g/mol. The van der Waals surface area contributed by atoms with Crippen LogP contribution in [-0.2, 0) is 9.53 Å². The number of nitrogens with one attached hydrogen (secondary N) is 2. The van der Waals surface area contributed by atoms with E-state index in [1.807, 2.05) is 0 Å². The van der Waals surface area contributed by atoms with Crippen LogP contribution < -0.4 is 10.6 Å². The number of carbonyl (C=O) groups is 2. The molecule has 0 aromatic rings. The summed E-state index contributed by atoms with van der Waals surface area (Å²) in [5, 5.41) is 14.9. The number of ether oxygens (including phenoxy) is 1. The van der Waals surface area contributed by atoms with E-state index < -0.39 is 23.6 Å². The molecule has 0 saturated carbocycles. The van der Waals surface area contributed by atoms with Crippen molar-refractivity contribution in [3.8, 4) is 11.8 Å². The minimum absolute atomic E-state index is 0.233. The van der Waals surface area contributed by atoms with Crippen LogP contribution in [0.2, 0.25) is 0 Å². The van der Waals surface area contributed by atoms with Crippen LogP contribution in [0.1, 0.15) is 34.1 Å². The number of hydrogen-bond acceptors (Lipinski definition) is 4. The zero-order chi connectivity index (χ0) is 15.3. The molecule has 0 aliphatic carbocycles. The minimum Gasteiger partial charge on any atom is -0.462 e. The number of allylic oxidation sites excluding steroid dienone is 1. The van der Waals surface area contributed by atoms with Gasteiger partial charge in [0.05, 0.1) is 12.2 Å². The number of urea groups is 1. The summed E-state index contributed by atoms with van der Waals surface area (Å²) in [5.41, 5.74) is -0.503. The maximum atomic E-state index is 11.9. The average Bonchev–Trinajstić information content (AvgIpc) is 2.36. The minimum atomic E-state index is -1.16. The maximum absolute atomic E-state index is 11.9. The highest BCUT2D eigenvalue weighted by Gasteiger charge is 2.30. The monoisotopic (exact) mass is 280 g/mol. The van der Waals surface area contributed by atoms with Crippen molar-refractivity contribution in [2.75, 3.05) is 6.61 Å². The molecule has 2 amide bonds. The Balaban J connectivity index is 3.10. The molecule has 0 aromatic carbocycles. The molecular formula is C14H20N2O4. The summed E-state index contributed by atoms with van der Waals surface area (Å²) in [7, 11) is 0. The van der Waals surface area contributed by atoms with Gasteiger partial charge in [-0.2, -0.15) is 0 Å². The van der Waals surface area contributed by atoms with Crippen LogP contribution in [-0.4, -0.2) is 35.4 Å². The second kappa shape index (κ2) is 6.44. The summed E-state index contributed by atoms with van der Waals surface area (Å²) in [6, 6.07) is -1.23. The fourth-order valence-electron chi connectivity index (χ4n) is 1.60. The first kappa shape index (κ1) is 16.1. The van der Waals surface area contributed by atoms with Gasteiger partial charge >= 0.3 is 12.0 Å². The van der Waals surface area contributed by atoms with Crippen molar-refractivity contribution in [3.63, 3.8) is 0 Å². The van der Waals surface area contributed by atoms with Gasteiger partial charge in [0.15, 0.2) is 0 Å². The Labute approximate surface area is 118 Å². The van der Waals surface area contributed by atoms with E-state index in [0.717, 1.165) is 0 Å². The number of aliphatic hydroxyl groups is 1. The number of hydrogen-bond donors (Lipinski definition) is 3. The van der Waals surface area contributed by atoms with Crippen LogP contribution in [0.3, 0.4) is 0 Å². The highest BCUT2D eigenvalue weighted by molar-refractivity contribution is 5.95. The third kappa shape index (κ3) is 4.00. The van der Waals surface area contributed by atoms with Crippen LogP contribution >= 0.6 is 0 Å². The lowest BCUT2D eigenvalue weighted by Crippen LogP contribution is -2.49. The molecule has 0 fully saturated rings. The highest BCUT2D eigenvalue weighted by atomic mass is 16.5. The molecule has 1 heterocycles. The standard InChI is InChI=1S/C14H20N2O4/c1-5-14(4,19)8-7-10-11(12(17)20-6-2)9(3)15-13(18)16-10/h10,19H,5-6H2,1-4H3,(H2,15,16,18). The van der Waals surface area contributed by atoms with Crippen LogP contribution in [0.5, 0.6) is 0 Å². The number of esters is 1. The summed E-state index contributed by atoms with van der Waals surface area (Å²) in [5.74, 6) is 4.87. The Bertz CT molecular complexity index is 497. The number of amides is 2.